The van der Waals surface area contributed by atoms with Crippen LogP contribution < -0.4 is 9.75 Å². The zero-order chi connectivity index (χ0) is 18.3. The second kappa shape index (κ2) is 6.66. The van der Waals surface area contributed by atoms with E-state index in [1.165, 1.54) is 53.3 Å². The molecule has 0 N–H and O–H groups in total. The van der Waals surface area contributed by atoms with Crippen LogP contribution in [0.1, 0.15) is 31.2 Å². The summed E-state index contributed by atoms with van der Waals surface area (Å²) in [6.45, 7) is 7.36. The molecule has 26 heavy (non-hydrogen) atoms. The first-order valence-corrected chi connectivity index (χ1v) is 13.0. The van der Waals surface area contributed by atoms with Crippen molar-refractivity contribution in [1.29, 1.82) is 0 Å². The normalized spacial score (nSPS) is 15.7. The van der Waals surface area contributed by atoms with Crippen molar-refractivity contribution < 1.29 is 4.57 Å². The summed E-state index contributed by atoms with van der Waals surface area (Å²) >= 11 is 0. The summed E-state index contributed by atoms with van der Waals surface area (Å²) in [6.07, 6.45) is 7.97. The maximum atomic E-state index is 2.58. The fourth-order valence-corrected chi connectivity index (χ4v) is 8.19. The third-order valence-corrected chi connectivity index (χ3v) is 11.1. The van der Waals surface area contributed by atoms with Crippen molar-refractivity contribution in [3.05, 3.63) is 60.3 Å². The monoisotopic (exact) mass is 360 g/mol. The van der Waals surface area contributed by atoms with Gasteiger partial charge in [-0.15, -0.1) is 0 Å². The van der Waals surface area contributed by atoms with Crippen molar-refractivity contribution in [2.45, 2.75) is 51.2 Å². The highest BCUT2D eigenvalue weighted by atomic mass is 28.3. The molecule has 4 rings (SSSR count). The van der Waals surface area contributed by atoms with Crippen LogP contribution in [0.3, 0.4) is 0 Å². The first-order valence-electron chi connectivity index (χ1n) is 9.97. The number of aromatic nitrogens is 1. The minimum absolute atomic E-state index is 0.954. The van der Waals surface area contributed by atoms with E-state index in [4.69, 9.17) is 0 Å². The van der Waals surface area contributed by atoms with Crippen LogP contribution >= 0.6 is 0 Å². The lowest BCUT2D eigenvalue weighted by Crippen LogP contribution is -2.45. The summed E-state index contributed by atoms with van der Waals surface area (Å²) in [4.78, 5) is 0. The van der Waals surface area contributed by atoms with E-state index in [0.29, 0.717) is 0 Å². The first kappa shape index (κ1) is 17.5. The Kier molecular flexibility index (Phi) is 4.48. The average molecular weight is 361 g/mol. The Morgan fingerprint density at radius 3 is 2.42 bits per heavy atom. The molecule has 134 valence electrons. The van der Waals surface area contributed by atoms with Crippen LogP contribution in [-0.2, 0) is 7.05 Å². The van der Waals surface area contributed by atoms with Gasteiger partial charge in [-0.3, -0.25) is 0 Å². The summed E-state index contributed by atoms with van der Waals surface area (Å²) in [5.74, 6) is 0. The lowest BCUT2D eigenvalue weighted by atomic mass is 10.00. The molecule has 1 heterocycles. The van der Waals surface area contributed by atoms with E-state index < -0.39 is 8.07 Å². The van der Waals surface area contributed by atoms with Crippen molar-refractivity contribution in [1.82, 2.24) is 0 Å². The summed E-state index contributed by atoms with van der Waals surface area (Å²) in [5, 5.41) is 4.38. The number of hydrogen-bond donors (Lipinski definition) is 0. The zero-order valence-corrected chi connectivity index (χ0v) is 17.5. The quantitative estimate of drug-likeness (QED) is 0.429. The molecule has 1 saturated carbocycles. The molecular formula is C24H30NSi+. The van der Waals surface area contributed by atoms with E-state index in [2.05, 4.69) is 86.4 Å². The smallest absolute Gasteiger partial charge is 0.200 e. The van der Waals surface area contributed by atoms with Gasteiger partial charge in [0.05, 0.1) is 13.5 Å². The SMILES string of the molecule is Cc1ccccc1-c1c2ccc([Si](C)(C)C3CCCC3)cc2cc[n+]1C. The molecule has 1 aromatic heterocycles. The van der Waals surface area contributed by atoms with E-state index in [-0.39, 0.29) is 0 Å². The van der Waals surface area contributed by atoms with Gasteiger partial charge in [0.1, 0.15) is 7.05 Å². The molecule has 0 aliphatic heterocycles. The highest BCUT2D eigenvalue weighted by Gasteiger charge is 2.35. The fraction of sp³-hybridized carbons (Fsp3) is 0.375. The molecule has 0 atom stereocenters. The van der Waals surface area contributed by atoms with Crippen LogP contribution in [0.4, 0.5) is 0 Å². The Hall–Kier alpha value is -1.93. The van der Waals surface area contributed by atoms with Gasteiger partial charge in [0.2, 0.25) is 5.69 Å². The highest BCUT2D eigenvalue weighted by Crippen LogP contribution is 2.38. The molecule has 0 bridgehead atoms. The van der Waals surface area contributed by atoms with Crippen LogP contribution in [0.2, 0.25) is 18.6 Å². The second-order valence-corrected chi connectivity index (χ2v) is 13.4. The average Bonchev–Trinajstić information content (AvgIpc) is 3.18. The summed E-state index contributed by atoms with van der Waals surface area (Å²) in [6, 6.07) is 18.3. The molecule has 2 heteroatoms. The predicted molar refractivity (Wildman–Crippen MR) is 115 cm³/mol. The lowest BCUT2D eigenvalue weighted by Gasteiger charge is -2.30. The molecule has 2 aromatic carbocycles. The van der Waals surface area contributed by atoms with Gasteiger partial charge in [-0.2, -0.15) is 0 Å². The number of fused-ring (bicyclic) bond motifs is 1. The molecule has 0 spiro atoms. The van der Waals surface area contributed by atoms with Gasteiger partial charge in [0.15, 0.2) is 6.20 Å². The first-order chi connectivity index (χ1) is 12.5. The van der Waals surface area contributed by atoms with Crippen LogP contribution in [0, 0.1) is 6.92 Å². The summed E-state index contributed by atoms with van der Waals surface area (Å²) in [7, 11) is 0.767. The maximum absolute atomic E-state index is 2.58. The summed E-state index contributed by atoms with van der Waals surface area (Å²) in [5.41, 5.74) is 4.95. The van der Waals surface area contributed by atoms with E-state index >= 15 is 0 Å². The number of nitrogens with zero attached hydrogens (tertiary/aromatic N) is 1. The van der Waals surface area contributed by atoms with Gasteiger partial charge in [-0.05, 0) is 35.5 Å². The third kappa shape index (κ3) is 2.90. The van der Waals surface area contributed by atoms with Crippen molar-refractivity contribution >= 4 is 24.0 Å². The maximum Gasteiger partial charge on any atom is 0.220 e. The molecule has 0 saturated heterocycles. The van der Waals surface area contributed by atoms with Gasteiger partial charge in [-0.25, -0.2) is 4.57 Å². The lowest BCUT2D eigenvalue weighted by molar-refractivity contribution is -0.659. The molecule has 1 aliphatic rings. The molecule has 0 unspecified atom stereocenters. The van der Waals surface area contributed by atoms with Crippen LogP contribution in [0.15, 0.2) is 54.7 Å². The second-order valence-electron chi connectivity index (χ2n) is 8.60. The molecule has 0 radical (unpaired) electrons. The molecular weight excluding hydrogens is 330 g/mol. The number of hydrogen-bond acceptors (Lipinski definition) is 0. The Morgan fingerprint density at radius 2 is 1.69 bits per heavy atom. The molecule has 1 nitrogen and oxygen atoms in total. The number of rotatable bonds is 3. The number of aryl methyl sites for hydroxylation is 2. The highest BCUT2D eigenvalue weighted by molar-refractivity contribution is 6.91. The molecule has 0 amide bonds. The fourth-order valence-electron chi connectivity index (χ4n) is 4.83. The molecule has 1 fully saturated rings. The van der Waals surface area contributed by atoms with Crippen LogP contribution in [0.25, 0.3) is 22.0 Å². The van der Waals surface area contributed by atoms with Crippen molar-refractivity contribution in [2.75, 3.05) is 0 Å². The van der Waals surface area contributed by atoms with Gasteiger partial charge < -0.3 is 0 Å². The van der Waals surface area contributed by atoms with E-state index in [9.17, 15) is 0 Å². The van der Waals surface area contributed by atoms with Crippen LogP contribution in [0.5, 0.6) is 0 Å². The van der Waals surface area contributed by atoms with Gasteiger partial charge in [-0.1, -0.05) is 74.3 Å². The molecule has 1 aliphatic carbocycles. The Bertz CT molecular complexity index is 952. The number of benzene rings is 2. The largest absolute Gasteiger partial charge is 0.220 e. The topological polar surface area (TPSA) is 3.88 Å². The number of pyridine rings is 1. The van der Waals surface area contributed by atoms with Gasteiger partial charge in [0.25, 0.3) is 0 Å². The minimum Gasteiger partial charge on any atom is -0.200 e. The van der Waals surface area contributed by atoms with Crippen molar-refractivity contribution in [2.24, 2.45) is 7.05 Å². The summed E-state index contributed by atoms with van der Waals surface area (Å²) < 4.78 is 2.27. The standard InChI is InChI=1S/C24H30NSi/c1-18-9-5-8-12-22(18)24-23-14-13-21(17-19(23)15-16-25(24)2)26(3,4)20-10-6-7-11-20/h5,8-9,12-17,20H,6-7,10-11H2,1-4H3/q+1. The Morgan fingerprint density at radius 1 is 0.962 bits per heavy atom. The van der Waals surface area contributed by atoms with Crippen LogP contribution in [-0.4, -0.2) is 8.07 Å². The van der Waals surface area contributed by atoms with E-state index in [1.54, 1.807) is 5.19 Å². The zero-order valence-electron chi connectivity index (χ0n) is 16.5. The van der Waals surface area contributed by atoms with E-state index in [0.717, 1.165) is 5.54 Å². The minimum atomic E-state index is -1.39. The van der Waals surface area contributed by atoms with Gasteiger partial charge in [0, 0.05) is 11.6 Å². The Balaban J connectivity index is 1.86. The predicted octanol–water partition coefficient (Wildman–Crippen LogP) is 5.50. The third-order valence-electron chi connectivity index (χ3n) is 6.66. The van der Waals surface area contributed by atoms with Crippen molar-refractivity contribution in [3.63, 3.8) is 0 Å². The van der Waals surface area contributed by atoms with Crippen molar-refractivity contribution in [3.8, 4) is 11.3 Å². The van der Waals surface area contributed by atoms with Gasteiger partial charge >= 0.3 is 0 Å². The molecule has 3 aromatic rings. The Labute approximate surface area is 158 Å². The van der Waals surface area contributed by atoms with E-state index in [1.807, 2.05) is 0 Å².